The second-order valence-corrected chi connectivity index (χ2v) is 9.87. The lowest BCUT2D eigenvalue weighted by Crippen LogP contribution is -2.32. The maximum Gasteiger partial charge on any atom is 0.416 e. The Morgan fingerprint density at radius 1 is 1.09 bits per heavy atom. The van der Waals surface area contributed by atoms with Crippen LogP contribution >= 0.6 is 0 Å². The molecule has 3 rings (SSSR count). The molecule has 0 saturated heterocycles. The normalized spacial score (nSPS) is 13.3. The number of aliphatic hydroxyl groups is 1. The van der Waals surface area contributed by atoms with E-state index in [1.165, 1.54) is 7.11 Å². The number of imidazole rings is 1. The molecule has 0 radical (unpaired) electrons. The van der Waals surface area contributed by atoms with Crippen molar-refractivity contribution in [1.82, 2.24) is 9.13 Å². The first-order chi connectivity index (χ1) is 15.9. The molecular weight excluding hydrogens is 477 g/mol. The summed E-state index contributed by atoms with van der Waals surface area (Å²) < 4.78 is 77.6. The molecule has 1 unspecified atom stereocenters. The molecule has 186 valence electrons. The van der Waals surface area contributed by atoms with E-state index in [0.717, 1.165) is 33.6 Å². The van der Waals surface area contributed by atoms with Gasteiger partial charge in [0.25, 0.3) is 0 Å². The Morgan fingerprint density at radius 2 is 1.79 bits per heavy atom. The summed E-state index contributed by atoms with van der Waals surface area (Å²) in [5.74, 6) is 0.227. The van der Waals surface area contributed by atoms with Gasteiger partial charge in [0.2, 0.25) is 0 Å². The first-order valence-corrected chi connectivity index (χ1v) is 12.4. The SMILES string of the molecule is CCOc1cc(C(CS(C)(=O)=O)n2c(=O)n(CCO)c3cc(C(F)(F)F)ccc32)ccc1OC. The largest absolute Gasteiger partial charge is 0.493 e. The van der Waals surface area contributed by atoms with Gasteiger partial charge >= 0.3 is 11.9 Å². The van der Waals surface area contributed by atoms with Crippen molar-refractivity contribution in [3.63, 3.8) is 0 Å². The minimum Gasteiger partial charge on any atom is -0.493 e. The molecule has 34 heavy (non-hydrogen) atoms. The van der Waals surface area contributed by atoms with Crippen LogP contribution in [0.3, 0.4) is 0 Å². The Kier molecular flexibility index (Phi) is 7.32. The minimum absolute atomic E-state index is 0.0640. The highest BCUT2D eigenvalue weighted by atomic mass is 32.2. The summed E-state index contributed by atoms with van der Waals surface area (Å²) in [7, 11) is -2.21. The summed E-state index contributed by atoms with van der Waals surface area (Å²) >= 11 is 0. The molecule has 1 heterocycles. The average molecular weight is 503 g/mol. The van der Waals surface area contributed by atoms with Crippen molar-refractivity contribution in [3.8, 4) is 11.5 Å². The van der Waals surface area contributed by atoms with Gasteiger partial charge in [0, 0.05) is 6.26 Å². The maximum absolute atomic E-state index is 13.4. The molecule has 0 saturated carbocycles. The number of benzene rings is 2. The number of alkyl halides is 3. The zero-order valence-corrected chi connectivity index (χ0v) is 19.6. The quantitative estimate of drug-likeness (QED) is 0.483. The van der Waals surface area contributed by atoms with Gasteiger partial charge in [-0.25, -0.2) is 13.2 Å². The van der Waals surface area contributed by atoms with Gasteiger partial charge < -0.3 is 14.6 Å². The van der Waals surface area contributed by atoms with Crippen molar-refractivity contribution in [2.24, 2.45) is 0 Å². The van der Waals surface area contributed by atoms with Crippen LogP contribution in [0.25, 0.3) is 11.0 Å². The number of halogens is 3. The van der Waals surface area contributed by atoms with Gasteiger partial charge in [-0.3, -0.25) is 9.13 Å². The van der Waals surface area contributed by atoms with Gasteiger partial charge in [0.15, 0.2) is 11.5 Å². The summed E-state index contributed by atoms with van der Waals surface area (Å²) in [6, 6.07) is 6.39. The molecule has 1 N–H and O–H groups in total. The van der Waals surface area contributed by atoms with E-state index in [4.69, 9.17) is 9.47 Å². The molecule has 0 aliphatic rings. The summed E-state index contributed by atoms with van der Waals surface area (Å²) in [5.41, 5.74) is -1.28. The molecule has 12 heteroatoms. The molecule has 1 atom stereocenters. The van der Waals surface area contributed by atoms with Crippen LogP contribution in [0.15, 0.2) is 41.2 Å². The Bertz CT molecular complexity index is 1350. The predicted octanol–water partition coefficient (Wildman–Crippen LogP) is 2.86. The fraction of sp³-hybridized carbons (Fsp3) is 0.409. The number of aromatic nitrogens is 2. The number of fused-ring (bicyclic) bond motifs is 1. The molecule has 0 amide bonds. The first kappa shape index (κ1) is 25.6. The third kappa shape index (κ3) is 5.22. The lowest BCUT2D eigenvalue weighted by molar-refractivity contribution is -0.137. The smallest absolute Gasteiger partial charge is 0.416 e. The molecule has 0 aliphatic heterocycles. The Morgan fingerprint density at radius 3 is 2.35 bits per heavy atom. The van der Waals surface area contributed by atoms with Gasteiger partial charge in [0.05, 0.1) is 55.3 Å². The van der Waals surface area contributed by atoms with Crippen LogP contribution < -0.4 is 15.2 Å². The van der Waals surface area contributed by atoms with Crippen molar-refractivity contribution in [1.29, 1.82) is 0 Å². The summed E-state index contributed by atoms with van der Waals surface area (Å²) in [4.78, 5) is 13.4. The zero-order valence-electron chi connectivity index (χ0n) is 18.8. The van der Waals surface area contributed by atoms with Crippen LogP contribution in [0.1, 0.15) is 24.1 Å². The zero-order chi connectivity index (χ0) is 25.3. The molecule has 0 aliphatic carbocycles. The standard InChI is InChI=1S/C22H25F3N2O6S/c1-4-33-20-11-14(5-8-19(20)32-2)18(13-34(3,30)31)27-16-7-6-15(22(23,24)25)12-17(16)26(9-10-28)21(27)29/h5-8,11-12,18,28H,4,9-10,13H2,1-3H3. The van der Waals surface area contributed by atoms with Crippen molar-refractivity contribution in [2.75, 3.05) is 32.3 Å². The first-order valence-electron chi connectivity index (χ1n) is 10.3. The second-order valence-electron chi connectivity index (χ2n) is 7.68. The van der Waals surface area contributed by atoms with Crippen LogP contribution in [-0.4, -0.2) is 55.0 Å². The molecule has 1 aromatic heterocycles. The molecule has 3 aromatic rings. The van der Waals surface area contributed by atoms with Crippen molar-refractivity contribution in [3.05, 3.63) is 58.0 Å². The van der Waals surface area contributed by atoms with Crippen LogP contribution in [0.4, 0.5) is 13.2 Å². The minimum atomic E-state index is -4.65. The lowest BCUT2D eigenvalue weighted by Gasteiger charge is -2.20. The fourth-order valence-electron chi connectivity index (χ4n) is 3.85. The number of methoxy groups -OCH3 is 1. The van der Waals surface area contributed by atoms with E-state index < -0.39 is 45.7 Å². The van der Waals surface area contributed by atoms with Gasteiger partial charge in [-0.15, -0.1) is 0 Å². The number of sulfone groups is 1. The van der Waals surface area contributed by atoms with Crippen LogP contribution in [0.2, 0.25) is 0 Å². The number of nitrogens with zero attached hydrogens (tertiary/aromatic N) is 2. The fourth-order valence-corrected chi connectivity index (χ4v) is 4.76. The van der Waals surface area contributed by atoms with Gasteiger partial charge in [-0.05, 0) is 42.8 Å². The third-order valence-corrected chi connectivity index (χ3v) is 6.18. The van der Waals surface area contributed by atoms with Gasteiger partial charge in [0.1, 0.15) is 9.84 Å². The topological polar surface area (TPSA) is 99.8 Å². The second kappa shape index (κ2) is 9.71. The number of hydrogen-bond donors (Lipinski definition) is 1. The molecular formula is C22H25F3N2O6S. The molecule has 2 aromatic carbocycles. The maximum atomic E-state index is 13.4. The summed E-state index contributed by atoms with van der Waals surface area (Å²) in [5, 5.41) is 9.42. The molecule has 8 nitrogen and oxygen atoms in total. The Hall–Kier alpha value is -2.99. The monoisotopic (exact) mass is 502 g/mol. The number of ether oxygens (including phenoxy) is 2. The Labute approximate surface area is 194 Å². The van der Waals surface area contributed by atoms with E-state index in [0.29, 0.717) is 23.7 Å². The highest BCUT2D eigenvalue weighted by Gasteiger charge is 2.32. The highest BCUT2D eigenvalue weighted by Crippen LogP contribution is 2.35. The van der Waals surface area contributed by atoms with E-state index in [2.05, 4.69) is 0 Å². The average Bonchev–Trinajstić information content (AvgIpc) is 3.02. The summed E-state index contributed by atoms with van der Waals surface area (Å²) in [6.45, 7) is 1.29. The van der Waals surface area contributed by atoms with Crippen molar-refractivity contribution < 1.29 is 36.2 Å². The van der Waals surface area contributed by atoms with E-state index in [-0.39, 0.29) is 17.6 Å². The van der Waals surface area contributed by atoms with E-state index in [1.54, 1.807) is 25.1 Å². The number of aliphatic hydroxyl groups excluding tert-OH is 1. The predicted molar refractivity (Wildman–Crippen MR) is 120 cm³/mol. The summed E-state index contributed by atoms with van der Waals surface area (Å²) in [6.07, 6.45) is -3.64. The van der Waals surface area contributed by atoms with E-state index in [9.17, 15) is 31.5 Å². The lowest BCUT2D eigenvalue weighted by atomic mass is 10.1. The number of rotatable bonds is 9. The van der Waals surface area contributed by atoms with Crippen LogP contribution in [-0.2, 0) is 22.6 Å². The van der Waals surface area contributed by atoms with Crippen LogP contribution in [0.5, 0.6) is 11.5 Å². The molecule has 0 spiro atoms. The molecule has 0 fully saturated rings. The van der Waals surface area contributed by atoms with Gasteiger partial charge in [-0.1, -0.05) is 6.07 Å². The third-order valence-electron chi connectivity index (χ3n) is 5.26. The van der Waals surface area contributed by atoms with Crippen molar-refractivity contribution in [2.45, 2.75) is 25.7 Å². The van der Waals surface area contributed by atoms with Crippen LogP contribution in [0, 0.1) is 0 Å². The highest BCUT2D eigenvalue weighted by molar-refractivity contribution is 7.90. The Balaban J connectivity index is 2.34. The molecule has 0 bridgehead atoms. The van der Waals surface area contributed by atoms with E-state index >= 15 is 0 Å². The van der Waals surface area contributed by atoms with Crippen molar-refractivity contribution >= 4 is 20.9 Å². The van der Waals surface area contributed by atoms with E-state index in [1.807, 2.05) is 0 Å². The number of hydrogen-bond acceptors (Lipinski definition) is 6. The van der Waals surface area contributed by atoms with Gasteiger partial charge in [-0.2, -0.15) is 13.2 Å².